The third kappa shape index (κ3) is 4.92. The second-order valence-corrected chi connectivity index (χ2v) is 7.08. The maximum absolute atomic E-state index is 12.7. The number of aromatic nitrogens is 2. The molecule has 1 heterocycles. The molecule has 158 valence electrons. The number of methoxy groups -OCH3 is 2. The van der Waals surface area contributed by atoms with Crippen molar-refractivity contribution in [3.8, 4) is 17.2 Å². The molecule has 7 nitrogen and oxygen atoms in total. The predicted molar refractivity (Wildman–Crippen MR) is 114 cm³/mol. The first kappa shape index (κ1) is 21.2. The molecule has 1 unspecified atom stereocenters. The number of rotatable bonds is 8. The standard InChI is InChI=1S/C23H27N3O4/c1-15-6-7-18(10-16(15)2)30-14-21(27)25-22(23-24-8-9-26(23)3)17-11-19(28-4)13-20(12-17)29-5/h6-13,22H,14H2,1-5H3,(H,25,27). The average molecular weight is 409 g/mol. The Morgan fingerprint density at radius 1 is 1.03 bits per heavy atom. The molecular formula is C23H27N3O4. The van der Waals surface area contributed by atoms with Crippen molar-refractivity contribution >= 4 is 5.91 Å². The molecule has 0 bridgehead atoms. The van der Waals surface area contributed by atoms with Crippen LogP contribution in [0, 0.1) is 13.8 Å². The molecule has 30 heavy (non-hydrogen) atoms. The molecule has 0 saturated heterocycles. The van der Waals surface area contributed by atoms with Gasteiger partial charge in [-0.25, -0.2) is 4.98 Å². The van der Waals surface area contributed by atoms with Crippen LogP contribution in [0.4, 0.5) is 0 Å². The van der Waals surface area contributed by atoms with Crippen LogP contribution in [0.25, 0.3) is 0 Å². The van der Waals surface area contributed by atoms with E-state index >= 15 is 0 Å². The first-order valence-corrected chi connectivity index (χ1v) is 9.61. The molecule has 0 fully saturated rings. The van der Waals surface area contributed by atoms with E-state index in [1.54, 1.807) is 26.5 Å². The van der Waals surface area contributed by atoms with Crippen molar-refractivity contribution in [2.45, 2.75) is 19.9 Å². The topological polar surface area (TPSA) is 74.6 Å². The molecule has 1 N–H and O–H groups in total. The summed E-state index contributed by atoms with van der Waals surface area (Å²) < 4.78 is 18.3. The first-order chi connectivity index (χ1) is 14.4. The van der Waals surface area contributed by atoms with E-state index in [0.29, 0.717) is 23.1 Å². The highest BCUT2D eigenvalue weighted by Gasteiger charge is 2.22. The third-order valence-electron chi connectivity index (χ3n) is 4.98. The first-order valence-electron chi connectivity index (χ1n) is 9.61. The fourth-order valence-corrected chi connectivity index (χ4v) is 3.10. The minimum absolute atomic E-state index is 0.107. The normalized spacial score (nSPS) is 11.6. The van der Waals surface area contributed by atoms with E-state index in [2.05, 4.69) is 10.3 Å². The summed E-state index contributed by atoms with van der Waals surface area (Å²) in [4.78, 5) is 17.2. The maximum Gasteiger partial charge on any atom is 0.258 e. The Bertz CT molecular complexity index is 1010. The minimum Gasteiger partial charge on any atom is -0.497 e. The summed E-state index contributed by atoms with van der Waals surface area (Å²) in [5.74, 6) is 2.34. The van der Waals surface area contributed by atoms with Crippen molar-refractivity contribution in [1.82, 2.24) is 14.9 Å². The van der Waals surface area contributed by atoms with E-state index in [9.17, 15) is 4.79 Å². The van der Waals surface area contributed by atoms with Crippen LogP contribution in [0.5, 0.6) is 17.2 Å². The smallest absolute Gasteiger partial charge is 0.258 e. The SMILES string of the molecule is COc1cc(OC)cc(C(NC(=O)COc2ccc(C)c(C)c2)c2nccn2C)c1. The lowest BCUT2D eigenvalue weighted by Crippen LogP contribution is -2.34. The molecule has 0 aliphatic carbocycles. The van der Waals surface area contributed by atoms with Gasteiger partial charge in [0.05, 0.1) is 14.2 Å². The van der Waals surface area contributed by atoms with Gasteiger partial charge in [0, 0.05) is 25.5 Å². The number of hydrogen-bond acceptors (Lipinski definition) is 5. The number of amides is 1. The third-order valence-corrected chi connectivity index (χ3v) is 4.98. The van der Waals surface area contributed by atoms with Crippen LogP contribution in [-0.4, -0.2) is 36.3 Å². The summed E-state index contributed by atoms with van der Waals surface area (Å²) in [7, 11) is 5.05. The summed E-state index contributed by atoms with van der Waals surface area (Å²) in [5, 5.41) is 3.02. The van der Waals surface area contributed by atoms with Crippen LogP contribution in [0.2, 0.25) is 0 Å². The van der Waals surface area contributed by atoms with E-state index in [4.69, 9.17) is 14.2 Å². The number of carbonyl (C=O) groups is 1. The summed E-state index contributed by atoms with van der Waals surface area (Å²) in [6, 6.07) is 10.7. The number of benzene rings is 2. The van der Waals surface area contributed by atoms with E-state index in [1.807, 2.05) is 62.0 Å². The largest absolute Gasteiger partial charge is 0.497 e. The van der Waals surface area contributed by atoms with E-state index in [0.717, 1.165) is 11.1 Å². The number of carbonyl (C=O) groups excluding carboxylic acids is 1. The Labute approximate surface area is 176 Å². The summed E-state index contributed by atoms with van der Waals surface area (Å²) in [6.45, 7) is 3.94. The van der Waals surface area contributed by atoms with Crippen LogP contribution in [-0.2, 0) is 11.8 Å². The Balaban J connectivity index is 1.82. The summed E-state index contributed by atoms with van der Waals surface area (Å²) in [5.41, 5.74) is 3.08. The van der Waals surface area contributed by atoms with Gasteiger partial charge in [0.2, 0.25) is 0 Å². The molecule has 7 heteroatoms. The van der Waals surface area contributed by atoms with Gasteiger partial charge in [-0.15, -0.1) is 0 Å². The van der Waals surface area contributed by atoms with Gasteiger partial charge in [0.15, 0.2) is 6.61 Å². The van der Waals surface area contributed by atoms with Crippen molar-refractivity contribution in [2.24, 2.45) is 7.05 Å². The molecule has 0 radical (unpaired) electrons. The Morgan fingerprint density at radius 3 is 2.30 bits per heavy atom. The zero-order chi connectivity index (χ0) is 21.7. The van der Waals surface area contributed by atoms with Crippen LogP contribution in [0.1, 0.15) is 28.6 Å². The zero-order valence-corrected chi connectivity index (χ0v) is 17.9. The molecule has 3 rings (SSSR count). The Kier molecular flexibility index (Phi) is 6.61. The van der Waals surface area contributed by atoms with Crippen LogP contribution in [0.3, 0.4) is 0 Å². The number of ether oxygens (including phenoxy) is 3. The molecule has 0 aliphatic rings. The lowest BCUT2D eigenvalue weighted by Gasteiger charge is -2.20. The molecule has 0 spiro atoms. The van der Waals surface area contributed by atoms with Gasteiger partial charge in [0.1, 0.15) is 29.1 Å². The summed E-state index contributed by atoms with van der Waals surface area (Å²) in [6.07, 6.45) is 3.52. The lowest BCUT2D eigenvalue weighted by atomic mass is 10.0. The van der Waals surface area contributed by atoms with Crippen molar-refractivity contribution in [3.63, 3.8) is 0 Å². The summed E-state index contributed by atoms with van der Waals surface area (Å²) >= 11 is 0. The van der Waals surface area contributed by atoms with Crippen molar-refractivity contribution in [3.05, 3.63) is 71.3 Å². The lowest BCUT2D eigenvalue weighted by molar-refractivity contribution is -0.123. The minimum atomic E-state index is -0.496. The molecule has 1 aromatic heterocycles. The highest BCUT2D eigenvalue weighted by molar-refractivity contribution is 5.78. The molecule has 1 amide bonds. The van der Waals surface area contributed by atoms with Gasteiger partial charge in [-0.05, 0) is 54.8 Å². The molecule has 1 atom stereocenters. The van der Waals surface area contributed by atoms with Gasteiger partial charge in [-0.3, -0.25) is 4.79 Å². The van der Waals surface area contributed by atoms with Gasteiger partial charge in [-0.2, -0.15) is 0 Å². The number of hydrogen-bond donors (Lipinski definition) is 1. The number of aryl methyl sites for hydroxylation is 3. The number of imidazole rings is 1. The zero-order valence-electron chi connectivity index (χ0n) is 17.9. The van der Waals surface area contributed by atoms with Crippen LogP contribution >= 0.6 is 0 Å². The highest BCUT2D eigenvalue weighted by atomic mass is 16.5. The van der Waals surface area contributed by atoms with Gasteiger partial charge in [0.25, 0.3) is 5.91 Å². The second-order valence-electron chi connectivity index (χ2n) is 7.08. The number of nitrogens with zero attached hydrogens (tertiary/aromatic N) is 2. The molecule has 0 aliphatic heterocycles. The second kappa shape index (κ2) is 9.35. The van der Waals surface area contributed by atoms with Gasteiger partial charge < -0.3 is 24.1 Å². The van der Waals surface area contributed by atoms with E-state index < -0.39 is 6.04 Å². The van der Waals surface area contributed by atoms with Gasteiger partial charge >= 0.3 is 0 Å². The van der Waals surface area contributed by atoms with Crippen LogP contribution < -0.4 is 19.5 Å². The monoisotopic (exact) mass is 409 g/mol. The van der Waals surface area contributed by atoms with Gasteiger partial charge in [-0.1, -0.05) is 6.07 Å². The van der Waals surface area contributed by atoms with Crippen molar-refractivity contribution < 1.29 is 19.0 Å². The van der Waals surface area contributed by atoms with E-state index in [-0.39, 0.29) is 12.5 Å². The fraction of sp³-hybridized carbons (Fsp3) is 0.304. The Morgan fingerprint density at radius 2 is 1.73 bits per heavy atom. The van der Waals surface area contributed by atoms with Crippen molar-refractivity contribution in [2.75, 3.05) is 20.8 Å². The average Bonchev–Trinajstić information content (AvgIpc) is 3.17. The molecule has 0 saturated carbocycles. The predicted octanol–water partition coefficient (Wildman–Crippen LogP) is 3.34. The maximum atomic E-state index is 12.7. The quantitative estimate of drug-likeness (QED) is 0.618. The highest BCUT2D eigenvalue weighted by Crippen LogP contribution is 2.29. The molecular weight excluding hydrogens is 382 g/mol. The Hall–Kier alpha value is -3.48. The number of nitrogens with one attached hydrogen (secondary N) is 1. The van der Waals surface area contributed by atoms with Crippen LogP contribution in [0.15, 0.2) is 48.8 Å². The molecule has 3 aromatic rings. The van der Waals surface area contributed by atoms with Crippen molar-refractivity contribution in [1.29, 1.82) is 0 Å². The van der Waals surface area contributed by atoms with E-state index in [1.165, 1.54) is 5.56 Å². The fourth-order valence-electron chi connectivity index (χ4n) is 3.10. The molecule has 2 aromatic carbocycles.